The van der Waals surface area contributed by atoms with Crippen LogP contribution in [0.25, 0.3) is 0 Å². The molecule has 0 spiro atoms. The highest BCUT2D eigenvalue weighted by Gasteiger charge is 2.20. The molecule has 1 aliphatic rings. The first-order valence-corrected chi connectivity index (χ1v) is 10.6. The van der Waals surface area contributed by atoms with Crippen molar-refractivity contribution in [1.29, 1.82) is 0 Å². The predicted octanol–water partition coefficient (Wildman–Crippen LogP) is 6.94. The van der Waals surface area contributed by atoms with Gasteiger partial charge in [-0.3, -0.25) is 0 Å². The topological polar surface area (TPSA) is 24.7 Å². The fourth-order valence-corrected chi connectivity index (χ4v) is 4.00. The van der Waals surface area contributed by atoms with Crippen LogP contribution in [0, 0.1) is 5.92 Å². The number of benzene rings is 2. The summed E-state index contributed by atoms with van der Waals surface area (Å²) in [5, 5.41) is 8.39. The molecule has 1 aliphatic carbocycles. The molecule has 0 unspecified atom stereocenters. The van der Waals surface area contributed by atoms with E-state index in [1.165, 1.54) is 43.2 Å². The lowest BCUT2D eigenvalue weighted by Crippen LogP contribution is -2.12. The Morgan fingerprint density at radius 3 is 1.96 bits per heavy atom. The average molecular weight is 373 g/mol. The summed E-state index contributed by atoms with van der Waals surface area (Å²) in [5.74, 6) is 1.69. The molecule has 0 aliphatic heterocycles. The maximum atomic E-state index is 4.20. The Morgan fingerprint density at radius 1 is 0.857 bits per heavy atom. The number of aryl methyl sites for hydroxylation is 1. The predicted molar refractivity (Wildman–Crippen MR) is 122 cm³/mol. The van der Waals surface area contributed by atoms with Gasteiger partial charge in [0.15, 0.2) is 0 Å². The van der Waals surface area contributed by atoms with Gasteiger partial charge in [-0.05, 0) is 72.6 Å². The summed E-state index contributed by atoms with van der Waals surface area (Å²) in [5.41, 5.74) is 4.97. The molecular formula is C26H32N2. The van der Waals surface area contributed by atoms with E-state index in [1.807, 2.05) is 12.3 Å². The van der Waals surface area contributed by atoms with Crippen molar-refractivity contribution < 1.29 is 0 Å². The van der Waals surface area contributed by atoms with E-state index in [0.717, 1.165) is 35.8 Å². The third-order valence-electron chi connectivity index (χ3n) is 5.93. The molecule has 2 aromatic carbocycles. The van der Waals surface area contributed by atoms with Crippen LogP contribution in [-0.2, 0) is 6.42 Å². The Labute approximate surface area is 170 Å². The van der Waals surface area contributed by atoms with Crippen LogP contribution in [0.3, 0.4) is 0 Å². The van der Waals surface area contributed by atoms with Crippen LogP contribution >= 0.6 is 0 Å². The third-order valence-corrected chi connectivity index (χ3v) is 5.93. The van der Waals surface area contributed by atoms with Gasteiger partial charge in [0.25, 0.3) is 0 Å². The highest BCUT2D eigenvalue weighted by molar-refractivity contribution is 5.82. The number of rotatable bonds is 8. The molecular weight excluding hydrogens is 340 g/mol. The molecule has 2 heteroatoms. The summed E-state index contributed by atoms with van der Waals surface area (Å²) >= 11 is 0. The first kappa shape index (κ1) is 20.3. The van der Waals surface area contributed by atoms with Crippen molar-refractivity contribution in [3.05, 3.63) is 83.4 Å². The van der Waals surface area contributed by atoms with Crippen molar-refractivity contribution in [2.75, 3.05) is 0 Å². The zero-order valence-electron chi connectivity index (χ0n) is 17.1. The molecule has 146 valence electrons. The van der Waals surface area contributed by atoms with Crippen LogP contribution in [-0.4, -0.2) is 12.4 Å². The van der Waals surface area contributed by atoms with Crippen LogP contribution in [0.5, 0.6) is 0 Å². The fourth-order valence-electron chi connectivity index (χ4n) is 4.00. The molecule has 0 saturated heterocycles. The van der Waals surface area contributed by atoms with Gasteiger partial charge in [0.2, 0.25) is 0 Å². The van der Waals surface area contributed by atoms with Gasteiger partial charge in [-0.2, -0.15) is 10.2 Å². The summed E-state index contributed by atoms with van der Waals surface area (Å²) in [4.78, 5) is 0. The molecule has 0 radical (unpaired) electrons. The Kier molecular flexibility index (Phi) is 7.78. The van der Waals surface area contributed by atoms with E-state index in [-0.39, 0.29) is 0 Å². The van der Waals surface area contributed by atoms with Crippen LogP contribution in [0.1, 0.15) is 73.6 Å². The number of allylic oxidation sites excluding steroid dienone is 1. The van der Waals surface area contributed by atoms with Crippen LogP contribution in [0.2, 0.25) is 0 Å². The third kappa shape index (κ3) is 6.02. The molecule has 0 atom stereocenters. The Balaban J connectivity index is 1.50. The molecule has 2 aromatic rings. The van der Waals surface area contributed by atoms with Crippen molar-refractivity contribution in [1.82, 2.24) is 0 Å². The van der Waals surface area contributed by atoms with E-state index in [1.54, 1.807) is 6.21 Å². The molecule has 1 saturated carbocycles. The molecule has 28 heavy (non-hydrogen) atoms. The second-order valence-corrected chi connectivity index (χ2v) is 7.85. The van der Waals surface area contributed by atoms with E-state index in [9.17, 15) is 0 Å². The fraction of sp³-hybridized carbons (Fsp3) is 0.385. The molecule has 1 fully saturated rings. The summed E-state index contributed by atoms with van der Waals surface area (Å²) in [6, 6.07) is 17.3. The minimum absolute atomic E-state index is 0.737. The van der Waals surface area contributed by atoms with E-state index in [2.05, 4.69) is 72.2 Å². The van der Waals surface area contributed by atoms with E-state index >= 15 is 0 Å². The smallest absolute Gasteiger partial charge is 0.0568 e. The Hall–Kier alpha value is -2.48. The van der Waals surface area contributed by atoms with Gasteiger partial charge in [-0.15, -0.1) is 6.58 Å². The van der Waals surface area contributed by atoms with Gasteiger partial charge in [0.05, 0.1) is 12.4 Å². The summed E-state index contributed by atoms with van der Waals surface area (Å²) in [7, 11) is 0. The maximum Gasteiger partial charge on any atom is 0.0568 e. The quantitative estimate of drug-likeness (QED) is 0.272. The normalized spacial score (nSPS) is 20.0. The molecule has 0 amide bonds. The van der Waals surface area contributed by atoms with E-state index < -0.39 is 0 Å². The zero-order chi connectivity index (χ0) is 19.6. The van der Waals surface area contributed by atoms with Gasteiger partial charge < -0.3 is 0 Å². The van der Waals surface area contributed by atoms with Gasteiger partial charge in [0.1, 0.15) is 0 Å². The van der Waals surface area contributed by atoms with Crippen LogP contribution < -0.4 is 0 Å². The highest BCUT2D eigenvalue weighted by Crippen LogP contribution is 2.36. The minimum Gasteiger partial charge on any atom is -0.159 e. The summed E-state index contributed by atoms with van der Waals surface area (Å²) in [6.45, 7) is 6.09. The maximum absolute atomic E-state index is 4.20. The lowest BCUT2D eigenvalue weighted by Gasteiger charge is -2.28. The second kappa shape index (κ2) is 10.8. The molecule has 2 nitrogen and oxygen atoms in total. The molecule has 0 heterocycles. The lowest BCUT2D eigenvalue weighted by atomic mass is 9.78. The molecule has 0 N–H and O–H groups in total. The largest absolute Gasteiger partial charge is 0.159 e. The highest BCUT2D eigenvalue weighted by atomic mass is 15.2. The average Bonchev–Trinajstić information content (AvgIpc) is 2.76. The zero-order valence-corrected chi connectivity index (χ0v) is 17.1. The Bertz CT molecular complexity index is 776. The van der Waals surface area contributed by atoms with Crippen molar-refractivity contribution in [2.24, 2.45) is 16.1 Å². The van der Waals surface area contributed by atoms with Crippen molar-refractivity contribution in [2.45, 2.75) is 57.8 Å². The number of hydrogen-bond donors (Lipinski definition) is 0. The number of hydrogen-bond acceptors (Lipinski definition) is 2. The lowest BCUT2D eigenvalue weighted by molar-refractivity contribution is 0.319. The SMILES string of the molecule is C=CCCc1ccc(/C=N/N=C/c2ccc(C3CCC(CC)CC3)cc2)cc1. The minimum atomic E-state index is 0.737. The van der Waals surface area contributed by atoms with E-state index in [4.69, 9.17) is 0 Å². The van der Waals surface area contributed by atoms with Gasteiger partial charge in [0, 0.05) is 0 Å². The van der Waals surface area contributed by atoms with Crippen molar-refractivity contribution in [3.8, 4) is 0 Å². The number of nitrogens with zero attached hydrogens (tertiary/aromatic N) is 2. The molecule has 0 aromatic heterocycles. The van der Waals surface area contributed by atoms with Gasteiger partial charge in [-0.25, -0.2) is 0 Å². The van der Waals surface area contributed by atoms with Crippen molar-refractivity contribution in [3.63, 3.8) is 0 Å². The summed E-state index contributed by atoms with van der Waals surface area (Å²) in [6.07, 6.45) is 14.4. The van der Waals surface area contributed by atoms with Gasteiger partial charge in [-0.1, -0.05) is 68.0 Å². The molecule has 3 rings (SSSR count). The van der Waals surface area contributed by atoms with Crippen LogP contribution in [0.15, 0.2) is 71.4 Å². The van der Waals surface area contributed by atoms with Gasteiger partial charge >= 0.3 is 0 Å². The standard InChI is InChI=1S/C26H32N2/c1-3-5-6-22-7-9-23(10-8-22)19-27-28-20-24-13-17-26(18-14-24)25-15-11-21(4-2)12-16-25/h3,7-10,13-14,17-21,25H,1,4-6,11-12,15-16H2,2H3/b27-19+,28-20+. The van der Waals surface area contributed by atoms with Crippen LogP contribution in [0.4, 0.5) is 0 Å². The Morgan fingerprint density at radius 2 is 1.43 bits per heavy atom. The first-order chi connectivity index (χ1) is 13.8. The molecule has 0 bridgehead atoms. The van der Waals surface area contributed by atoms with Crippen molar-refractivity contribution >= 4 is 12.4 Å². The monoisotopic (exact) mass is 372 g/mol. The van der Waals surface area contributed by atoms with E-state index in [0.29, 0.717) is 0 Å². The first-order valence-electron chi connectivity index (χ1n) is 10.6. The summed E-state index contributed by atoms with van der Waals surface area (Å²) < 4.78 is 0. The second-order valence-electron chi connectivity index (χ2n) is 7.85.